The largest absolute Gasteiger partial charge is 0.439 e. The summed E-state index contributed by atoms with van der Waals surface area (Å²) in [5.41, 5.74) is 8.93. The van der Waals surface area contributed by atoms with Gasteiger partial charge in [0, 0.05) is 0 Å². The molecular weight excluding hydrogens is 200 g/mol. The fourth-order valence-electron chi connectivity index (χ4n) is 1.61. The van der Waals surface area contributed by atoms with Crippen LogP contribution in [-0.4, -0.2) is 4.98 Å². The Morgan fingerprint density at radius 2 is 2.00 bits per heavy atom. The minimum absolute atomic E-state index is 0.0468. The highest BCUT2D eigenvalue weighted by Gasteiger charge is 2.27. The third kappa shape index (κ3) is 1.83. The molecule has 2 aromatic rings. The van der Waals surface area contributed by atoms with Crippen molar-refractivity contribution in [2.75, 3.05) is 0 Å². The SMILES string of the molecule is Cc1cccc2oc(C(N)C(C)(C)C)nc12. The maximum atomic E-state index is 6.13. The number of nitrogens with two attached hydrogens (primary N) is 1. The molecule has 0 saturated carbocycles. The molecule has 0 amide bonds. The highest BCUT2D eigenvalue weighted by molar-refractivity contribution is 5.76. The van der Waals surface area contributed by atoms with Crippen LogP contribution >= 0.6 is 0 Å². The molecule has 2 N–H and O–H groups in total. The second-order valence-corrected chi connectivity index (χ2v) is 5.32. The lowest BCUT2D eigenvalue weighted by atomic mass is 9.87. The van der Waals surface area contributed by atoms with Gasteiger partial charge in [-0.1, -0.05) is 32.9 Å². The molecule has 86 valence electrons. The number of aromatic nitrogens is 1. The molecular formula is C13H18N2O. The van der Waals surface area contributed by atoms with Gasteiger partial charge in [0.25, 0.3) is 0 Å². The first-order valence-corrected chi connectivity index (χ1v) is 5.51. The maximum absolute atomic E-state index is 6.13. The second-order valence-electron chi connectivity index (χ2n) is 5.32. The van der Waals surface area contributed by atoms with Gasteiger partial charge < -0.3 is 10.2 Å². The van der Waals surface area contributed by atoms with Crippen molar-refractivity contribution in [1.29, 1.82) is 0 Å². The van der Waals surface area contributed by atoms with E-state index in [1.165, 1.54) is 0 Å². The monoisotopic (exact) mass is 218 g/mol. The number of rotatable bonds is 1. The third-order valence-corrected chi connectivity index (χ3v) is 2.84. The smallest absolute Gasteiger partial charge is 0.212 e. The third-order valence-electron chi connectivity index (χ3n) is 2.84. The van der Waals surface area contributed by atoms with Gasteiger partial charge in [-0.05, 0) is 24.0 Å². The number of benzene rings is 1. The van der Waals surface area contributed by atoms with Crippen LogP contribution in [0.25, 0.3) is 11.1 Å². The Morgan fingerprint density at radius 3 is 2.56 bits per heavy atom. The summed E-state index contributed by atoms with van der Waals surface area (Å²) in [6.45, 7) is 8.27. The van der Waals surface area contributed by atoms with E-state index in [2.05, 4.69) is 25.8 Å². The maximum Gasteiger partial charge on any atom is 0.212 e. The zero-order valence-corrected chi connectivity index (χ0v) is 10.2. The van der Waals surface area contributed by atoms with Crippen molar-refractivity contribution in [2.45, 2.75) is 33.7 Å². The Balaban J connectivity index is 2.52. The molecule has 1 aromatic carbocycles. The molecule has 0 spiro atoms. The minimum atomic E-state index is -0.181. The Hall–Kier alpha value is -1.35. The van der Waals surface area contributed by atoms with Crippen molar-refractivity contribution in [3.8, 4) is 0 Å². The zero-order chi connectivity index (χ0) is 11.9. The number of fused-ring (bicyclic) bond motifs is 1. The molecule has 1 atom stereocenters. The summed E-state index contributed by atoms with van der Waals surface area (Å²) in [4.78, 5) is 4.49. The number of aryl methyl sites for hydroxylation is 1. The number of hydrogen-bond acceptors (Lipinski definition) is 3. The van der Waals surface area contributed by atoms with Crippen LogP contribution in [0.15, 0.2) is 22.6 Å². The average Bonchev–Trinajstić information content (AvgIpc) is 2.60. The van der Waals surface area contributed by atoms with E-state index >= 15 is 0 Å². The molecule has 1 unspecified atom stereocenters. The first-order valence-electron chi connectivity index (χ1n) is 5.51. The summed E-state index contributed by atoms with van der Waals surface area (Å²) in [5, 5.41) is 0. The number of hydrogen-bond donors (Lipinski definition) is 1. The van der Waals surface area contributed by atoms with Crippen LogP contribution in [0, 0.1) is 12.3 Å². The Morgan fingerprint density at radius 1 is 1.31 bits per heavy atom. The van der Waals surface area contributed by atoms with Crippen LogP contribution in [0.2, 0.25) is 0 Å². The van der Waals surface area contributed by atoms with E-state index in [1.807, 2.05) is 25.1 Å². The molecule has 0 radical (unpaired) electrons. The second kappa shape index (κ2) is 3.59. The molecule has 0 bridgehead atoms. The predicted octanol–water partition coefficient (Wildman–Crippen LogP) is 3.18. The van der Waals surface area contributed by atoms with Gasteiger partial charge in [-0.25, -0.2) is 4.98 Å². The molecule has 1 heterocycles. The highest BCUT2D eigenvalue weighted by Crippen LogP contribution is 2.32. The Bertz CT molecular complexity index is 508. The summed E-state index contributed by atoms with van der Waals surface area (Å²) in [6.07, 6.45) is 0. The van der Waals surface area contributed by atoms with E-state index in [9.17, 15) is 0 Å². The van der Waals surface area contributed by atoms with Crippen molar-refractivity contribution >= 4 is 11.1 Å². The van der Waals surface area contributed by atoms with Crippen LogP contribution in [0.4, 0.5) is 0 Å². The quantitative estimate of drug-likeness (QED) is 0.799. The molecule has 0 aliphatic rings. The van der Waals surface area contributed by atoms with Gasteiger partial charge in [-0.2, -0.15) is 0 Å². The van der Waals surface area contributed by atoms with E-state index in [-0.39, 0.29) is 11.5 Å². The lowest BCUT2D eigenvalue weighted by Gasteiger charge is -2.23. The average molecular weight is 218 g/mol. The fraction of sp³-hybridized carbons (Fsp3) is 0.462. The molecule has 1 aromatic heterocycles. The topological polar surface area (TPSA) is 52.0 Å². The summed E-state index contributed by atoms with van der Waals surface area (Å²) >= 11 is 0. The van der Waals surface area contributed by atoms with Crippen molar-refractivity contribution in [3.05, 3.63) is 29.7 Å². The Labute approximate surface area is 95.7 Å². The highest BCUT2D eigenvalue weighted by atomic mass is 16.3. The minimum Gasteiger partial charge on any atom is -0.439 e. The first kappa shape index (κ1) is 11.1. The van der Waals surface area contributed by atoms with Crippen molar-refractivity contribution in [1.82, 2.24) is 4.98 Å². The van der Waals surface area contributed by atoms with Gasteiger partial charge >= 0.3 is 0 Å². The van der Waals surface area contributed by atoms with E-state index < -0.39 is 0 Å². The molecule has 3 heteroatoms. The molecule has 3 nitrogen and oxygen atoms in total. The number of nitrogens with zero attached hydrogens (tertiary/aromatic N) is 1. The van der Waals surface area contributed by atoms with Crippen molar-refractivity contribution in [2.24, 2.45) is 11.1 Å². The van der Waals surface area contributed by atoms with E-state index in [1.54, 1.807) is 0 Å². The summed E-state index contributed by atoms with van der Waals surface area (Å²) in [6, 6.07) is 5.74. The van der Waals surface area contributed by atoms with Crippen LogP contribution < -0.4 is 5.73 Å². The van der Waals surface area contributed by atoms with Gasteiger partial charge in [0.1, 0.15) is 5.52 Å². The van der Waals surface area contributed by atoms with Gasteiger partial charge in [0.05, 0.1) is 6.04 Å². The lowest BCUT2D eigenvalue weighted by Crippen LogP contribution is -2.26. The molecule has 0 aliphatic heterocycles. The molecule has 2 rings (SSSR count). The van der Waals surface area contributed by atoms with Crippen LogP contribution in [0.5, 0.6) is 0 Å². The van der Waals surface area contributed by atoms with E-state index in [0.717, 1.165) is 16.7 Å². The van der Waals surface area contributed by atoms with E-state index in [0.29, 0.717) is 5.89 Å². The van der Waals surface area contributed by atoms with Crippen molar-refractivity contribution in [3.63, 3.8) is 0 Å². The summed E-state index contributed by atoms with van der Waals surface area (Å²) in [7, 11) is 0. The van der Waals surface area contributed by atoms with Gasteiger partial charge in [-0.3, -0.25) is 0 Å². The van der Waals surface area contributed by atoms with Gasteiger partial charge in [0.15, 0.2) is 5.58 Å². The normalized spacial score (nSPS) is 14.3. The summed E-state index contributed by atoms with van der Waals surface area (Å²) < 4.78 is 5.70. The fourth-order valence-corrected chi connectivity index (χ4v) is 1.61. The van der Waals surface area contributed by atoms with Gasteiger partial charge in [0.2, 0.25) is 5.89 Å². The molecule has 0 fully saturated rings. The van der Waals surface area contributed by atoms with Crippen molar-refractivity contribution < 1.29 is 4.42 Å². The van der Waals surface area contributed by atoms with E-state index in [4.69, 9.17) is 10.2 Å². The van der Waals surface area contributed by atoms with Crippen LogP contribution in [-0.2, 0) is 0 Å². The first-order chi connectivity index (χ1) is 7.39. The molecule has 0 aliphatic carbocycles. The molecule has 0 saturated heterocycles. The lowest BCUT2D eigenvalue weighted by molar-refractivity contribution is 0.282. The standard InChI is InChI=1S/C13H18N2O/c1-8-6-5-7-9-10(8)15-12(16-9)11(14)13(2,3)4/h5-7,11H,14H2,1-4H3. The molecule has 16 heavy (non-hydrogen) atoms. The number of oxazole rings is 1. The number of para-hydroxylation sites is 1. The summed E-state index contributed by atoms with van der Waals surface area (Å²) in [5.74, 6) is 0.622. The Kier molecular flexibility index (Phi) is 2.50. The van der Waals surface area contributed by atoms with Crippen LogP contribution in [0.1, 0.15) is 38.3 Å². The zero-order valence-electron chi connectivity index (χ0n) is 10.2. The predicted molar refractivity (Wildman–Crippen MR) is 65.1 cm³/mol. The van der Waals surface area contributed by atoms with Gasteiger partial charge in [-0.15, -0.1) is 0 Å². The van der Waals surface area contributed by atoms with Crippen LogP contribution in [0.3, 0.4) is 0 Å².